The third kappa shape index (κ3) is 3.14. The third-order valence-corrected chi connectivity index (χ3v) is 2.59. The molecule has 0 aromatic heterocycles. The fourth-order valence-corrected chi connectivity index (χ4v) is 1.68. The second-order valence-corrected chi connectivity index (χ2v) is 4.11. The number of halogens is 3. The van der Waals surface area contributed by atoms with Crippen LogP contribution in [0.25, 0.3) is 0 Å². The van der Waals surface area contributed by atoms with Crippen LogP contribution < -0.4 is 5.32 Å². The van der Waals surface area contributed by atoms with E-state index in [9.17, 15) is 13.9 Å². The molecule has 5 heteroatoms. The molecule has 0 amide bonds. The van der Waals surface area contributed by atoms with Gasteiger partial charge < -0.3 is 10.4 Å². The van der Waals surface area contributed by atoms with Crippen LogP contribution in [-0.4, -0.2) is 18.7 Å². The molecule has 1 aromatic carbocycles. The molecule has 0 aliphatic rings. The molecule has 0 fully saturated rings. The lowest BCUT2D eigenvalue weighted by molar-refractivity contribution is 0.0174. The Labute approximate surface area is 98.2 Å². The number of aliphatic hydroxyl groups is 1. The molecule has 0 aliphatic carbocycles. The van der Waals surface area contributed by atoms with Gasteiger partial charge in [-0.3, -0.25) is 0 Å². The van der Waals surface area contributed by atoms with E-state index in [1.807, 2.05) is 0 Å². The van der Waals surface area contributed by atoms with Crippen molar-refractivity contribution in [2.75, 3.05) is 13.6 Å². The highest BCUT2D eigenvalue weighted by Gasteiger charge is 2.25. The minimum Gasteiger partial charge on any atom is -0.387 e. The van der Waals surface area contributed by atoms with Crippen molar-refractivity contribution in [3.63, 3.8) is 0 Å². The van der Waals surface area contributed by atoms with Crippen LogP contribution in [0.3, 0.4) is 0 Å². The van der Waals surface area contributed by atoms with Crippen molar-refractivity contribution in [2.24, 2.45) is 0 Å². The van der Waals surface area contributed by atoms with Crippen LogP contribution in [0.4, 0.5) is 8.78 Å². The number of alkyl halides is 2. The van der Waals surface area contributed by atoms with Crippen LogP contribution in [0.1, 0.15) is 24.2 Å². The van der Waals surface area contributed by atoms with Gasteiger partial charge in [0.2, 0.25) is 0 Å². The highest BCUT2D eigenvalue weighted by Crippen LogP contribution is 2.32. The first-order valence-electron chi connectivity index (χ1n) is 4.86. The summed E-state index contributed by atoms with van der Waals surface area (Å²) in [5.74, 6) is -2.92. The van der Waals surface area contributed by atoms with Crippen LogP contribution in [0.15, 0.2) is 18.2 Å². The minimum absolute atomic E-state index is 0.154. The van der Waals surface area contributed by atoms with E-state index in [1.54, 1.807) is 7.05 Å². The molecule has 2 N–H and O–H groups in total. The third-order valence-electron chi connectivity index (χ3n) is 2.26. The molecule has 0 spiro atoms. The zero-order chi connectivity index (χ0) is 12.3. The van der Waals surface area contributed by atoms with E-state index < -0.39 is 12.0 Å². The molecule has 0 aliphatic heterocycles. The second kappa shape index (κ2) is 5.08. The molecule has 1 unspecified atom stereocenters. The van der Waals surface area contributed by atoms with Crippen LogP contribution >= 0.6 is 11.6 Å². The Balaban J connectivity index is 3.00. The molecule has 0 heterocycles. The number of hydrogen-bond donors (Lipinski definition) is 2. The summed E-state index contributed by atoms with van der Waals surface area (Å²) in [5.41, 5.74) is 0.293. The van der Waals surface area contributed by atoms with Crippen molar-refractivity contribution in [2.45, 2.75) is 19.0 Å². The van der Waals surface area contributed by atoms with E-state index in [1.165, 1.54) is 18.2 Å². The maximum absolute atomic E-state index is 13.0. The second-order valence-electron chi connectivity index (χ2n) is 3.70. The van der Waals surface area contributed by atoms with Crippen molar-refractivity contribution in [3.8, 4) is 0 Å². The SMILES string of the molecule is CNCC(O)c1ccc(C(C)(F)F)cc1Cl. The minimum atomic E-state index is -2.92. The molecular formula is C11H14ClF2NO. The van der Waals surface area contributed by atoms with Crippen molar-refractivity contribution in [3.05, 3.63) is 34.3 Å². The first-order chi connectivity index (χ1) is 7.36. The fourth-order valence-electron chi connectivity index (χ4n) is 1.37. The first-order valence-corrected chi connectivity index (χ1v) is 5.24. The number of benzene rings is 1. The monoisotopic (exact) mass is 249 g/mol. The van der Waals surface area contributed by atoms with Crippen LogP contribution in [-0.2, 0) is 5.92 Å². The predicted octanol–water partition coefficient (Wildman–Crippen LogP) is 2.70. The van der Waals surface area contributed by atoms with Crippen molar-refractivity contribution in [1.82, 2.24) is 5.32 Å². The summed E-state index contributed by atoms with van der Waals surface area (Å²) in [6, 6.07) is 3.90. The summed E-state index contributed by atoms with van der Waals surface area (Å²) < 4.78 is 26.0. The normalized spacial score (nSPS) is 13.9. The van der Waals surface area contributed by atoms with Gasteiger partial charge in [-0.15, -0.1) is 0 Å². The number of likely N-dealkylation sites (N-methyl/N-ethyl adjacent to an activating group) is 1. The van der Waals surface area contributed by atoms with Gasteiger partial charge in [-0.25, -0.2) is 8.78 Å². The van der Waals surface area contributed by atoms with Crippen molar-refractivity contribution >= 4 is 11.6 Å². The number of nitrogens with one attached hydrogen (secondary N) is 1. The fraction of sp³-hybridized carbons (Fsp3) is 0.455. The molecule has 0 saturated carbocycles. The van der Waals surface area contributed by atoms with Gasteiger partial charge in [0.25, 0.3) is 5.92 Å². The van der Waals surface area contributed by atoms with Gasteiger partial charge in [-0.2, -0.15) is 0 Å². The summed E-state index contributed by atoms with van der Waals surface area (Å²) in [7, 11) is 1.69. The van der Waals surface area contributed by atoms with E-state index in [4.69, 9.17) is 11.6 Å². The van der Waals surface area contributed by atoms with Crippen molar-refractivity contribution < 1.29 is 13.9 Å². The molecule has 90 valence electrons. The summed E-state index contributed by atoms with van der Waals surface area (Å²) in [6.07, 6.45) is -0.794. The lowest BCUT2D eigenvalue weighted by atomic mass is 10.0. The van der Waals surface area contributed by atoms with Gasteiger partial charge in [0.15, 0.2) is 0 Å². The van der Waals surface area contributed by atoms with E-state index in [-0.39, 0.29) is 10.6 Å². The Bertz CT molecular complexity index is 365. The highest BCUT2D eigenvalue weighted by molar-refractivity contribution is 6.31. The molecule has 0 bridgehead atoms. The summed E-state index contributed by atoms with van der Waals surface area (Å²) >= 11 is 5.84. The first kappa shape index (κ1) is 13.4. The maximum Gasteiger partial charge on any atom is 0.270 e. The maximum atomic E-state index is 13.0. The van der Waals surface area contributed by atoms with E-state index >= 15 is 0 Å². The summed E-state index contributed by atoms with van der Waals surface area (Å²) in [6.45, 7) is 1.13. The molecule has 0 saturated heterocycles. The van der Waals surface area contributed by atoms with Gasteiger partial charge in [0.1, 0.15) is 0 Å². The van der Waals surface area contributed by atoms with E-state index in [0.29, 0.717) is 12.1 Å². The molecule has 1 aromatic rings. The Morgan fingerprint density at radius 2 is 2.12 bits per heavy atom. The largest absolute Gasteiger partial charge is 0.387 e. The van der Waals surface area contributed by atoms with E-state index in [2.05, 4.69) is 5.32 Å². The summed E-state index contributed by atoms with van der Waals surface area (Å²) in [5, 5.41) is 12.6. The lowest BCUT2D eigenvalue weighted by Gasteiger charge is -2.15. The molecule has 0 radical (unpaired) electrons. The molecular weight excluding hydrogens is 236 g/mol. The standard InChI is InChI=1S/C11H14ClF2NO/c1-11(13,14)7-3-4-8(9(12)5-7)10(16)6-15-2/h3-5,10,15-16H,6H2,1-2H3. The Morgan fingerprint density at radius 3 is 2.56 bits per heavy atom. The number of rotatable bonds is 4. The van der Waals surface area contributed by atoms with Gasteiger partial charge in [-0.1, -0.05) is 23.7 Å². The quantitative estimate of drug-likeness (QED) is 0.860. The Hall–Kier alpha value is -0.710. The lowest BCUT2D eigenvalue weighted by Crippen LogP contribution is -2.17. The number of aliphatic hydroxyl groups excluding tert-OH is 1. The highest BCUT2D eigenvalue weighted by atomic mass is 35.5. The van der Waals surface area contributed by atoms with Crippen LogP contribution in [0.5, 0.6) is 0 Å². The molecule has 2 nitrogen and oxygen atoms in total. The zero-order valence-corrected chi connectivity index (χ0v) is 9.85. The van der Waals surface area contributed by atoms with Crippen LogP contribution in [0.2, 0.25) is 5.02 Å². The van der Waals surface area contributed by atoms with Crippen molar-refractivity contribution in [1.29, 1.82) is 0 Å². The zero-order valence-electron chi connectivity index (χ0n) is 9.10. The van der Waals surface area contributed by atoms with E-state index in [0.717, 1.165) is 6.92 Å². The summed E-state index contributed by atoms with van der Waals surface area (Å²) in [4.78, 5) is 0. The topological polar surface area (TPSA) is 32.3 Å². The average molecular weight is 250 g/mol. The number of hydrogen-bond acceptors (Lipinski definition) is 2. The smallest absolute Gasteiger partial charge is 0.270 e. The average Bonchev–Trinajstić information content (AvgIpc) is 2.16. The molecule has 1 rings (SSSR count). The predicted molar refractivity (Wildman–Crippen MR) is 59.9 cm³/mol. The van der Waals surface area contributed by atoms with Crippen LogP contribution in [0, 0.1) is 0 Å². The van der Waals surface area contributed by atoms with Gasteiger partial charge in [0.05, 0.1) is 6.10 Å². The van der Waals surface area contributed by atoms with Gasteiger partial charge >= 0.3 is 0 Å². The van der Waals surface area contributed by atoms with Gasteiger partial charge in [-0.05, 0) is 13.1 Å². The molecule has 16 heavy (non-hydrogen) atoms. The molecule has 1 atom stereocenters. The Morgan fingerprint density at radius 1 is 1.50 bits per heavy atom. The Kier molecular flexibility index (Phi) is 4.24. The van der Waals surface area contributed by atoms with Gasteiger partial charge in [0, 0.05) is 29.6 Å².